The predicted molar refractivity (Wildman–Crippen MR) is 82.6 cm³/mol. The van der Waals surface area contributed by atoms with Crippen molar-refractivity contribution in [2.24, 2.45) is 0 Å². The predicted octanol–water partition coefficient (Wildman–Crippen LogP) is 4.76. The van der Waals surface area contributed by atoms with E-state index in [0.29, 0.717) is 12.5 Å². The number of rotatable bonds is 6. The Morgan fingerprint density at radius 1 is 1.15 bits per heavy atom. The normalized spacial score (nSPS) is 12.3. The highest BCUT2D eigenvalue weighted by Crippen LogP contribution is 2.18. The molecule has 106 valence electrons. The molecule has 2 rings (SSSR count). The first-order valence-electron chi connectivity index (χ1n) is 6.86. The lowest BCUT2D eigenvalue weighted by Gasteiger charge is -2.12. The van der Waals surface area contributed by atoms with Crippen LogP contribution in [0.2, 0.25) is 5.02 Å². The summed E-state index contributed by atoms with van der Waals surface area (Å²) < 4.78 is 13.3. The summed E-state index contributed by atoms with van der Waals surface area (Å²) in [6, 6.07) is 15.4. The molecule has 0 aromatic heterocycles. The van der Waals surface area contributed by atoms with Gasteiger partial charge in [0.1, 0.15) is 5.82 Å². The van der Waals surface area contributed by atoms with Crippen molar-refractivity contribution in [1.82, 2.24) is 5.32 Å². The molecule has 0 aliphatic rings. The lowest BCUT2D eigenvalue weighted by Crippen LogP contribution is -2.16. The Morgan fingerprint density at radius 2 is 1.90 bits per heavy atom. The standard InChI is InChI=1S/C17H19ClFN/c1-13(15-5-3-2-4-6-15)9-10-20-12-14-7-8-16(18)17(19)11-14/h2-8,11,13,20H,9-10,12H2,1H3. The third kappa shape index (κ3) is 4.32. The van der Waals surface area contributed by atoms with E-state index in [2.05, 4.69) is 36.5 Å². The van der Waals surface area contributed by atoms with Gasteiger partial charge in [0.2, 0.25) is 0 Å². The van der Waals surface area contributed by atoms with Crippen molar-refractivity contribution in [3.8, 4) is 0 Å². The highest BCUT2D eigenvalue weighted by molar-refractivity contribution is 6.30. The quantitative estimate of drug-likeness (QED) is 0.757. The van der Waals surface area contributed by atoms with Crippen molar-refractivity contribution in [3.63, 3.8) is 0 Å². The average Bonchev–Trinajstić information content (AvgIpc) is 2.48. The van der Waals surface area contributed by atoms with Crippen LogP contribution in [-0.2, 0) is 6.54 Å². The van der Waals surface area contributed by atoms with Crippen LogP contribution in [0.15, 0.2) is 48.5 Å². The molecule has 0 aliphatic carbocycles. The van der Waals surface area contributed by atoms with E-state index in [1.807, 2.05) is 12.1 Å². The molecular formula is C17H19ClFN. The number of benzene rings is 2. The largest absolute Gasteiger partial charge is 0.313 e. The van der Waals surface area contributed by atoms with Gasteiger partial charge in [-0.05, 0) is 42.1 Å². The first kappa shape index (κ1) is 15.0. The molecule has 1 nitrogen and oxygen atoms in total. The molecule has 1 atom stereocenters. The highest BCUT2D eigenvalue weighted by atomic mass is 35.5. The minimum absolute atomic E-state index is 0.173. The fraction of sp³-hybridized carbons (Fsp3) is 0.294. The summed E-state index contributed by atoms with van der Waals surface area (Å²) >= 11 is 5.66. The summed E-state index contributed by atoms with van der Waals surface area (Å²) in [6.45, 7) is 3.79. The van der Waals surface area contributed by atoms with E-state index >= 15 is 0 Å². The van der Waals surface area contributed by atoms with Crippen LogP contribution in [-0.4, -0.2) is 6.54 Å². The van der Waals surface area contributed by atoms with Crippen molar-refractivity contribution in [2.45, 2.75) is 25.8 Å². The second kappa shape index (κ2) is 7.41. The number of hydrogen-bond donors (Lipinski definition) is 1. The molecule has 20 heavy (non-hydrogen) atoms. The second-order valence-corrected chi connectivity index (χ2v) is 5.43. The van der Waals surface area contributed by atoms with Crippen molar-refractivity contribution in [1.29, 1.82) is 0 Å². The lowest BCUT2D eigenvalue weighted by molar-refractivity contribution is 0.588. The minimum atomic E-state index is -0.358. The van der Waals surface area contributed by atoms with E-state index < -0.39 is 0 Å². The minimum Gasteiger partial charge on any atom is -0.313 e. The van der Waals surface area contributed by atoms with Gasteiger partial charge in [-0.2, -0.15) is 0 Å². The Hall–Kier alpha value is -1.38. The van der Waals surface area contributed by atoms with E-state index in [-0.39, 0.29) is 10.8 Å². The molecule has 0 spiro atoms. The van der Waals surface area contributed by atoms with Gasteiger partial charge < -0.3 is 5.32 Å². The number of nitrogens with one attached hydrogen (secondary N) is 1. The third-order valence-corrected chi connectivity index (χ3v) is 3.74. The van der Waals surface area contributed by atoms with E-state index in [1.165, 1.54) is 11.6 Å². The van der Waals surface area contributed by atoms with Gasteiger partial charge in [0.15, 0.2) is 0 Å². The van der Waals surface area contributed by atoms with Crippen molar-refractivity contribution in [3.05, 3.63) is 70.5 Å². The van der Waals surface area contributed by atoms with Crippen LogP contribution in [0.25, 0.3) is 0 Å². The van der Waals surface area contributed by atoms with Gasteiger partial charge in [-0.25, -0.2) is 4.39 Å². The Labute approximate surface area is 124 Å². The molecule has 0 bridgehead atoms. The molecule has 0 radical (unpaired) electrons. The van der Waals surface area contributed by atoms with Crippen LogP contribution in [0.3, 0.4) is 0 Å². The summed E-state index contributed by atoms with van der Waals surface area (Å²) in [5.41, 5.74) is 2.27. The molecular weight excluding hydrogens is 273 g/mol. The van der Waals surface area contributed by atoms with E-state index in [1.54, 1.807) is 6.07 Å². The Kier molecular flexibility index (Phi) is 5.57. The first-order valence-corrected chi connectivity index (χ1v) is 7.24. The summed E-state index contributed by atoms with van der Waals surface area (Å²) in [5, 5.41) is 3.51. The topological polar surface area (TPSA) is 12.0 Å². The van der Waals surface area contributed by atoms with Gasteiger partial charge in [0.05, 0.1) is 5.02 Å². The summed E-state index contributed by atoms with van der Waals surface area (Å²) in [6.07, 6.45) is 1.06. The lowest BCUT2D eigenvalue weighted by atomic mass is 9.98. The van der Waals surface area contributed by atoms with E-state index in [4.69, 9.17) is 11.6 Å². The molecule has 0 amide bonds. The third-order valence-electron chi connectivity index (χ3n) is 3.44. The molecule has 2 aromatic carbocycles. The van der Waals surface area contributed by atoms with E-state index in [9.17, 15) is 4.39 Å². The molecule has 0 aliphatic heterocycles. The van der Waals surface area contributed by atoms with Crippen LogP contribution in [0, 0.1) is 5.82 Å². The summed E-state index contributed by atoms with van der Waals surface area (Å²) in [5.74, 6) is 0.161. The average molecular weight is 292 g/mol. The number of halogens is 2. The van der Waals surface area contributed by atoms with Crippen molar-refractivity contribution < 1.29 is 4.39 Å². The van der Waals surface area contributed by atoms with Crippen LogP contribution >= 0.6 is 11.6 Å². The molecule has 0 fully saturated rings. The molecule has 0 saturated heterocycles. The zero-order valence-electron chi connectivity index (χ0n) is 11.6. The van der Waals surface area contributed by atoms with Crippen LogP contribution in [0.1, 0.15) is 30.4 Å². The van der Waals surface area contributed by atoms with Crippen LogP contribution in [0.4, 0.5) is 4.39 Å². The maximum absolute atomic E-state index is 13.3. The maximum atomic E-state index is 13.3. The van der Waals surface area contributed by atoms with Gasteiger partial charge >= 0.3 is 0 Å². The Balaban J connectivity index is 1.75. The molecule has 2 aromatic rings. The second-order valence-electron chi connectivity index (χ2n) is 5.03. The number of hydrogen-bond acceptors (Lipinski definition) is 1. The summed E-state index contributed by atoms with van der Waals surface area (Å²) in [4.78, 5) is 0. The zero-order chi connectivity index (χ0) is 14.4. The molecule has 0 saturated carbocycles. The van der Waals surface area contributed by atoms with Crippen LogP contribution in [0.5, 0.6) is 0 Å². The molecule has 1 unspecified atom stereocenters. The SMILES string of the molecule is CC(CCNCc1ccc(Cl)c(F)c1)c1ccccc1. The zero-order valence-corrected chi connectivity index (χ0v) is 12.3. The fourth-order valence-electron chi connectivity index (χ4n) is 2.15. The Morgan fingerprint density at radius 3 is 2.60 bits per heavy atom. The smallest absolute Gasteiger partial charge is 0.142 e. The fourth-order valence-corrected chi connectivity index (χ4v) is 2.27. The highest BCUT2D eigenvalue weighted by Gasteiger charge is 2.04. The van der Waals surface area contributed by atoms with Crippen LogP contribution < -0.4 is 5.32 Å². The molecule has 0 heterocycles. The molecule has 1 N–H and O–H groups in total. The Bertz CT molecular complexity index is 542. The van der Waals surface area contributed by atoms with Gasteiger partial charge in [-0.3, -0.25) is 0 Å². The van der Waals surface area contributed by atoms with Crippen molar-refractivity contribution in [2.75, 3.05) is 6.54 Å². The monoisotopic (exact) mass is 291 g/mol. The van der Waals surface area contributed by atoms with Gasteiger partial charge in [-0.1, -0.05) is 54.9 Å². The molecule has 3 heteroatoms. The van der Waals surface area contributed by atoms with Gasteiger partial charge in [0.25, 0.3) is 0 Å². The van der Waals surface area contributed by atoms with E-state index in [0.717, 1.165) is 18.5 Å². The van der Waals surface area contributed by atoms with Crippen molar-refractivity contribution >= 4 is 11.6 Å². The van der Waals surface area contributed by atoms with Gasteiger partial charge in [0, 0.05) is 6.54 Å². The van der Waals surface area contributed by atoms with Gasteiger partial charge in [-0.15, -0.1) is 0 Å². The maximum Gasteiger partial charge on any atom is 0.142 e. The first-order chi connectivity index (χ1) is 9.66. The summed E-state index contributed by atoms with van der Waals surface area (Å²) in [7, 11) is 0.